The molecule has 2 rings (SSSR count). The Morgan fingerprint density at radius 2 is 2.19 bits per heavy atom. The maximum Gasteiger partial charge on any atom is 0.164 e. The normalized spacial score (nSPS) is 25.9. The van der Waals surface area contributed by atoms with Crippen molar-refractivity contribution in [3.8, 4) is 0 Å². The van der Waals surface area contributed by atoms with Crippen molar-refractivity contribution < 1.29 is 0 Å². The summed E-state index contributed by atoms with van der Waals surface area (Å²) < 4.78 is 0. The van der Waals surface area contributed by atoms with Crippen LogP contribution in [0, 0.1) is 12.8 Å². The molecule has 0 aliphatic heterocycles. The second-order valence-corrected chi connectivity index (χ2v) is 4.78. The van der Waals surface area contributed by atoms with Crippen LogP contribution in [0.15, 0.2) is 0 Å². The Labute approximate surface area is 97.2 Å². The van der Waals surface area contributed by atoms with Crippen LogP contribution in [0.5, 0.6) is 0 Å². The van der Waals surface area contributed by atoms with Crippen LogP contribution in [-0.4, -0.2) is 21.2 Å². The van der Waals surface area contributed by atoms with Crippen molar-refractivity contribution in [3.63, 3.8) is 0 Å². The SMILES string of the molecule is CCC1CCCCC1NCc1n[nH]c(C)n1. The third-order valence-electron chi connectivity index (χ3n) is 3.60. The van der Waals surface area contributed by atoms with Gasteiger partial charge >= 0.3 is 0 Å². The summed E-state index contributed by atoms with van der Waals surface area (Å²) >= 11 is 0. The number of aromatic nitrogens is 3. The Bertz CT molecular complexity index is 321. The van der Waals surface area contributed by atoms with Crippen molar-refractivity contribution in [2.75, 3.05) is 0 Å². The van der Waals surface area contributed by atoms with Gasteiger partial charge in [0.15, 0.2) is 5.82 Å². The lowest BCUT2D eigenvalue weighted by molar-refractivity contribution is 0.253. The van der Waals surface area contributed by atoms with Crippen molar-refractivity contribution in [2.24, 2.45) is 5.92 Å². The maximum atomic E-state index is 4.32. The molecule has 0 amide bonds. The van der Waals surface area contributed by atoms with E-state index >= 15 is 0 Å². The van der Waals surface area contributed by atoms with E-state index in [0.29, 0.717) is 6.04 Å². The number of hydrogen-bond donors (Lipinski definition) is 2. The molecule has 0 radical (unpaired) electrons. The van der Waals surface area contributed by atoms with E-state index in [1.54, 1.807) is 0 Å². The van der Waals surface area contributed by atoms with Crippen LogP contribution < -0.4 is 5.32 Å². The zero-order chi connectivity index (χ0) is 11.4. The summed E-state index contributed by atoms with van der Waals surface area (Å²) in [5.41, 5.74) is 0. The van der Waals surface area contributed by atoms with Crippen LogP contribution >= 0.6 is 0 Å². The van der Waals surface area contributed by atoms with Gasteiger partial charge in [-0.25, -0.2) is 4.98 Å². The molecule has 1 aromatic heterocycles. The summed E-state index contributed by atoms with van der Waals surface area (Å²) in [5.74, 6) is 2.62. The fourth-order valence-corrected chi connectivity index (χ4v) is 2.66. The van der Waals surface area contributed by atoms with E-state index in [4.69, 9.17) is 0 Å². The van der Waals surface area contributed by atoms with Gasteiger partial charge in [-0.1, -0.05) is 26.2 Å². The van der Waals surface area contributed by atoms with Crippen molar-refractivity contribution in [1.29, 1.82) is 0 Å². The number of nitrogens with one attached hydrogen (secondary N) is 2. The first-order valence-electron chi connectivity index (χ1n) is 6.41. The van der Waals surface area contributed by atoms with E-state index < -0.39 is 0 Å². The van der Waals surface area contributed by atoms with E-state index in [-0.39, 0.29) is 0 Å². The summed E-state index contributed by atoms with van der Waals surface area (Å²) in [7, 11) is 0. The third kappa shape index (κ3) is 2.82. The molecular weight excluding hydrogens is 200 g/mol. The van der Waals surface area contributed by atoms with Gasteiger partial charge in [0.1, 0.15) is 5.82 Å². The van der Waals surface area contributed by atoms with Gasteiger partial charge in [0.2, 0.25) is 0 Å². The minimum atomic E-state index is 0.664. The van der Waals surface area contributed by atoms with E-state index in [1.165, 1.54) is 32.1 Å². The first-order valence-corrected chi connectivity index (χ1v) is 6.41. The van der Waals surface area contributed by atoms with Gasteiger partial charge in [0.25, 0.3) is 0 Å². The predicted octanol–water partition coefficient (Wildman–Crippen LogP) is 2.17. The summed E-state index contributed by atoms with van der Waals surface area (Å²) in [4.78, 5) is 4.32. The number of hydrogen-bond acceptors (Lipinski definition) is 3. The minimum Gasteiger partial charge on any atom is -0.307 e. The second-order valence-electron chi connectivity index (χ2n) is 4.78. The molecule has 90 valence electrons. The molecule has 0 spiro atoms. The van der Waals surface area contributed by atoms with Crippen LogP contribution in [-0.2, 0) is 6.54 Å². The van der Waals surface area contributed by atoms with Crippen LogP contribution in [0.1, 0.15) is 50.7 Å². The Hall–Kier alpha value is -0.900. The zero-order valence-corrected chi connectivity index (χ0v) is 10.3. The highest BCUT2D eigenvalue weighted by Crippen LogP contribution is 2.26. The fraction of sp³-hybridized carbons (Fsp3) is 0.833. The first kappa shape index (κ1) is 11.6. The standard InChI is InChI=1S/C12H22N4/c1-3-10-6-4-5-7-11(10)13-8-12-14-9(2)15-16-12/h10-11,13H,3-8H2,1-2H3,(H,14,15,16). The molecule has 2 atom stereocenters. The molecule has 1 aromatic rings. The van der Waals surface area contributed by atoms with Crippen LogP contribution in [0.25, 0.3) is 0 Å². The monoisotopic (exact) mass is 222 g/mol. The minimum absolute atomic E-state index is 0.664. The zero-order valence-electron chi connectivity index (χ0n) is 10.3. The van der Waals surface area contributed by atoms with Crippen molar-refractivity contribution in [2.45, 2.75) is 58.5 Å². The Balaban J connectivity index is 1.84. The topological polar surface area (TPSA) is 53.6 Å². The van der Waals surface area contributed by atoms with E-state index in [9.17, 15) is 0 Å². The van der Waals surface area contributed by atoms with Gasteiger partial charge in [-0.05, 0) is 25.7 Å². The second kappa shape index (κ2) is 5.43. The lowest BCUT2D eigenvalue weighted by atomic mass is 9.83. The number of nitrogens with zero attached hydrogens (tertiary/aromatic N) is 2. The van der Waals surface area contributed by atoms with Gasteiger partial charge in [-0.3, -0.25) is 5.10 Å². The number of rotatable bonds is 4. The molecule has 1 aliphatic carbocycles. The quantitative estimate of drug-likeness (QED) is 0.821. The molecule has 0 bridgehead atoms. The number of H-pyrrole nitrogens is 1. The van der Waals surface area contributed by atoms with Crippen molar-refractivity contribution in [1.82, 2.24) is 20.5 Å². The molecule has 1 aliphatic rings. The van der Waals surface area contributed by atoms with E-state index in [1.807, 2.05) is 6.92 Å². The predicted molar refractivity (Wildman–Crippen MR) is 64.0 cm³/mol. The van der Waals surface area contributed by atoms with Gasteiger partial charge in [0, 0.05) is 6.04 Å². The van der Waals surface area contributed by atoms with Gasteiger partial charge in [-0.2, -0.15) is 5.10 Å². The summed E-state index contributed by atoms with van der Waals surface area (Å²) in [6.07, 6.45) is 6.73. The van der Waals surface area contributed by atoms with Crippen molar-refractivity contribution in [3.05, 3.63) is 11.6 Å². The van der Waals surface area contributed by atoms with Crippen LogP contribution in [0.2, 0.25) is 0 Å². The molecule has 0 saturated heterocycles. The maximum absolute atomic E-state index is 4.32. The van der Waals surface area contributed by atoms with Crippen LogP contribution in [0.4, 0.5) is 0 Å². The molecule has 1 fully saturated rings. The molecule has 4 nitrogen and oxygen atoms in total. The average molecular weight is 222 g/mol. The first-order chi connectivity index (χ1) is 7.79. The molecule has 1 heterocycles. The highest BCUT2D eigenvalue weighted by Gasteiger charge is 2.23. The van der Waals surface area contributed by atoms with Crippen molar-refractivity contribution >= 4 is 0 Å². The molecule has 2 unspecified atom stereocenters. The average Bonchev–Trinajstić information content (AvgIpc) is 2.73. The third-order valence-corrected chi connectivity index (χ3v) is 3.60. The molecule has 16 heavy (non-hydrogen) atoms. The molecule has 2 N–H and O–H groups in total. The summed E-state index contributed by atoms with van der Waals surface area (Å²) in [6.45, 7) is 5.03. The Morgan fingerprint density at radius 1 is 1.38 bits per heavy atom. The Morgan fingerprint density at radius 3 is 2.88 bits per heavy atom. The highest BCUT2D eigenvalue weighted by atomic mass is 15.2. The Kier molecular flexibility index (Phi) is 3.93. The van der Waals surface area contributed by atoms with E-state index in [2.05, 4.69) is 27.4 Å². The van der Waals surface area contributed by atoms with E-state index in [0.717, 1.165) is 24.1 Å². The van der Waals surface area contributed by atoms with Gasteiger partial charge in [0.05, 0.1) is 6.54 Å². The molecule has 4 heteroatoms. The van der Waals surface area contributed by atoms with Gasteiger partial charge in [-0.15, -0.1) is 0 Å². The number of aromatic amines is 1. The highest BCUT2D eigenvalue weighted by molar-refractivity contribution is 4.89. The summed E-state index contributed by atoms with van der Waals surface area (Å²) in [5, 5.41) is 10.6. The molecule has 0 aromatic carbocycles. The molecule has 1 saturated carbocycles. The largest absolute Gasteiger partial charge is 0.307 e. The number of aryl methyl sites for hydroxylation is 1. The van der Waals surface area contributed by atoms with Gasteiger partial charge < -0.3 is 5.32 Å². The summed E-state index contributed by atoms with van der Waals surface area (Å²) in [6, 6.07) is 0.664. The fourth-order valence-electron chi connectivity index (χ4n) is 2.66. The smallest absolute Gasteiger partial charge is 0.164 e. The molecular formula is C12H22N4. The van der Waals surface area contributed by atoms with Crippen LogP contribution in [0.3, 0.4) is 0 Å². The lowest BCUT2D eigenvalue weighted by Crippen LogP contribution is -2.38. The lowest BCUT2D eigenvalue weighted by Gasteiger charge is -2.31.